The monoisotopic (exact) mass is 424 g/mol. The van der Waals surface area contributed by atoms with Crippen LogP contribution in [0.15, 0.2) is 48.5 Å². The van der Waals surface area contributed by atoms with Crippen molar-refractivity contribution in [3.63, 3.8) is 0 Å². The molecular formula is C25H32N2O4. The number of aryl methyl sites for hydroxylation is 1. The molecule has 1 heterocycles. The van der Waals surface area contributed by atoms with Gasteiger partial charge in [-0.2, -0.15) is 0 Å². The number of fused-ring (bicyclic) bond motifs is 1. The minimum absolute atomic E-state index is 0.0346. The van der Waals surface area contributed by atoms with Crippen LogP contribution in [0, 0.1) is 0 Å². The highest BCUT2D eigenvalue weighted by Gasteiger charge is 2.29. The minimum Gasteiger partial charge on any atom is -0.454 e. The predicted molar refractivity (Wildman–Crippen MR) is 120 cm³/mol. The number of hydrogen-bond acceptors (Lipinski definition) is 4. The zero-order valence-electron chi connectivity index (χ0n) is 18.6. The zero-order valence-corrected chi connectivity index (χ0v) is 18.6. The molecule has 2 aromatic carbocycles. The number of nitrogens with zero attached hydrogens (tertiary/aromatic N) is 1. The summed E-state index contributed by atoms with van der Waals surface area (Å²) >= 11 is 0. The van der Waals surface area contributed by atoms with E-state index in [0.29, 0.717) is 31.6 Å². The second-order valence-electron chi connectivity index (χ2n) is 7.94. The molecule has 0 fully saturated rings. The number of carbonyl (C=O) groups is 2. The topological polar surface area (TPSA) is 67.9 Å². The largest absolute Gasteiger partial charge is 0.454 e. The van der Waals surface area contributed by atoms with E-state index < -0.39 is 6.04 Å². The summed E-state index contributed by atoms with van der Waals surface area (Å²) in [5.74, 6) is 1.32. The molecule has 0 bridgehead atoms. The molecule has 31 heavy (non-hydrogen) atoms. The Morgan fingerprint density at radius 2 is 1.74 bits per heavy atom. The Kier molecular flexibility index (Phi) is 7.93. The third-order valence-corrected chi connectivity index (χ3v) is 5.65. The molecule has 2 amide bonds. The van der Waals surface area contributed by atoms with E-state index in [9.17, 15) is 9.59 Å². The van der Waals surface area contributed by atoms with Crippen molar-refractivity contribution < 1.29 is 19.1 Å². The first-order valence-corrected chi connectivity index (χ1v) is 11.0. The first-order chi connectivity index (χ1) is 15.0. The molecule has 0 aromatic heterocycles. The number of rotatable bonds is 10. The van der Waals surface area contributed by atoms with E-state index in [2.05, 4.69) is 5.32 Å². The third kappa shape index (κ3) is 6.00. The SMILES string of the molecule is CC[C@H](C)NC(=O)[C@H](CC)N(Cc1ccccc1)C(=O)CCc1ccc2c(c1)OCO2. The quantitative estimate of drug-likeness (QED) is 0.624. The molecule has 0 radical (unpaired) electrons. The van der Waals surface area contributed by atoms with Crippen molar-refractivity contribution in [1.29, 1.82) is 0 Å². The maximum atomic E-state index is 13.3. The zero-order chi connectivity index (χ0) is 22.2. The van der Waals surface area contributed by atoms with Crippen LogP contribution in [0.3, 0.4) is 0 Å². The molecule has 0 saturated heterocycles. The molecule has 0 aliphatic carbocycles. The number of nitrogens with one attached hydrogen (secondary N) is 1. The van der Waals surface area contributed by atoms with Crippen LogP contribution in [-0.4, -0.2) is 35.6 Å². The van der Waals surface area contributed by atoms with Crippen LogP contribution in [0.4, 0.5) is 0 Å². The van der Waals surface area contributed by atoms with Gasteiger partial charge in [-0.25, -0.2) is 0 Å². The Bertz CT molecular complexity index is 884. The molecule has 166 valence electrons. The van der Waals surface area contributed by atoms with Crippen molar-refractivity contribution in [2.24, 2.45) is 0 Å². The normalized spacial score (nSPS) is 14.0. The van der Waals surface area contributed by atoms with Crippen LogP contribution >= 0.6 is 0 Å². The Labute approximate surface area is 184 Å². The molecule has 6 heteroatoms. The van der Waals surface area contributed by atoms with E-state index in [4.69, 9.17) is 9.47 Å². The average molecular weight is 425 g/mol. The summed E-state index contributed by atoms with van der Waals surface area (Å²) in [5.41, 5.74) is 2.02. The Balaban J connectivity index is 1.74. The fourth-order valence-corrected chi connectivity index (χ4v) is 3.63. The molecule has 2 aromatic rings. The average Bonchev–Trinajstić information content (AvgIpc) is 3.25. The Morgan fingerprint density at radius 3 is 2.45 bits per heavy atom. The molecule has 0 saturated carbocycles. The van der Waals surface area contributed by atoms with E-state index in [1.807, 2.05) is 69.3 Å². The molecule has 3 rings (SSSR count). The van der Waals surface area contributed by atoms with Crippen molar-refractivity contribution in [2.45, 2.75) is 65.1 Å². The lowest BCUT2D eigenvalue weighted by Crippen LogP contribution is -2.50. The van der Waals surface area contributed by atoms with Gasteiger partial charge < -0.3 is 19.7 Å². The molecule has 1 N–H and O–H groups in total. The number of amides is 2. The molecule has 0 spiro atoms. The lowest BCUT2D eigenvalue weighted by molar-refractivity contribution is -0.141. The van der Waals surface area contributed by atoms with Gasteiger partial charge in [-0.05, 0) is 49.4 Å². The van der Waals surface area contributed by atoms with Crippen LogP contribution in [0.25, 0.3) is 0 Å². The van der Waals surface area contributed by atoms with Gasteiger partial charge in [-0.1, -0.05) is 50.2 Å². The van der Waals surface area contributed by atoms with Gasteiger partial charge in [-0.3, -0.25) is 9.59 Å². The van der Waals surface area contributed by atoms with Crippen LogP contribution in [0.2, 0.25) is 0 Å². The van der Waals surface area contributed by atoms with E-state index in [0.717, 1.165) is 23.3 Å². The lowest BCUT2D eigenvalue weighted by atomic mass is 10.1. The highest BCUT2D eigenvalue weighted by molar-refractivity contribution is 5.88. The number of benzene rings is 2. The van der Waals surface area contributed by atoms with Crippen LogP contribution in [0.1, 0.15) is 51.2 Å². The predicted octanol–water partition coefficient (Wildman–Crippen LogP) is 4.07. The van der Waals surface area contributed by atoms with Crippen molar-refractivity contribution in [1.82, 2.24) is 10.2 Å². The standard InChI is InChI=1S/C25H32N2O4/c1-4-18(3)26-25(29)21(5-2)27(16-20-9-7-6-8-10-20)24(28)14-12-19-11-13-22-23(15-19)31-17-30-22/h6-11,13,15,18,21H,4-5,12,14,16-17H2,1-3H3,(H,26,29)/t18-,21-/m0/s1. The summed E-state index contributed by atoms with van der Waals surface area (Å²) < 4.78 is 10.8. The smallest absolute Gasteiger partial charge is 0.243 e. The maximum absolute atomic E-state index is 13.3. The summed E-state index contributed by atoms with van der Waals surface area (Å²) in [6.45, 7) is 6.60. The molecular weight excluding hydrogens is 392 g/mol. The van der Waals surface area contributed by atoms with Gasteiger partial charge in [-0.15, -0.1) is 0 Å². The van der Waals surface area contributed by atoms with E-state index in [1.165, 1.54) is 0 Å². The molecule has 1 aliphatic rings. The second kappa shape index (κ2) is 10.8. The van der Waals surface area contributed by atoms with Gasteiger partial charge >= 0.3 is 0 Å². The Morgan fingerprint density at radius 1 is 1.00 bits per heavy atom. The molecule has 6 nitrogen and oxygen atoms in total. The fraction of sp³-hybridized carbons (Fsp3) is 0.440. The van der Waals surface area contributed by atoms with Gasteiger partial charge in [0.1, 0.15) is 6.04 Å². The highest BCUT2D eigenvalue weighted by Crippen LogP contribution is 2.32. The van der Waals surface area contributed by atoms with Crippen LogP contribution < -0.4 is 14.8 Å². The Hall–Kier alpha value is -3.02. The van der Waals surface area contributed by atoms with Gasteiger partial charge in [0.2, 0.25) is 18.6 Å². The van der Waals surface area contributed by atoms with Crippen LogP contribution in [-0.2, 0) is 22.6 Å². The van der Waals surface area contributed by atoms with Gasteiger partial charge in [0.05, 0.1) is 0 Å². The third-order valence-electron chi connectivity index (χ3n) is 5.65. The number of carbonyl (C=O) groups excluding carboxylic acids is 2. The number of ether oxygens (including phenoxy) is 2. The second-order valence-corrected chi connectivity index (χ2v) is 7.94. The van der Waals surface area contributed by atoms with E-state index in [-0.39, 0.29) is 24.6 Å². The fourth-order valence-electron chi connectivity index (χ4n) is 3.63. The van der Waals surface area contributed by atoms with Gasteiger partial charge in [0, 0.05) is 19.0 Å². The van der Waals surface area contributed by atoms with Crippen molar-refractivity contribution in [3.8, 4) is 11.5 Å². The summed E-state index contributed by atoms with van der Waals surface area (Å²) in [4.78, 5) is 28.0. The van der Waals surface area contributed by atoms with Crippen molar-refractivity contribution >= 4 is 11.8 Å². The highest BCUT2D eigenvalue weighted by atomic mass is 16.7. The van der Waals surface area contributed by atoms with Gasteiger partial charge in [0.25, 0.3) is 0 Å². The van der Waals surface area contributed by atoms with E-state index >= 15 is 0 Å². The van der Waals surface area contributed by atoms with Crippen molar-refractivity contribution in [2.75, 3.05) is 6.79 Å². The molecule has 2 atom stereocenters. The first kappa shape index (κ1) is 22.7. The summed E-state index contributed by atoms with van der Waals surface area (Å²) in [5, 5.41) is 3.04. The maximum Gasteiger partial charge on any atom is 0.243 e. The summed E-state index contributed by atoms with van der Waals surface area (Å²) in [7, 11) is 0. The van der Waals surface area contributed by atoms with Crippen LogP contribution in [0.5, 0.6) is 11.5 Å². The first-order valence-electron chi connectivity index (χ1n) is 11.0. The molecule has 1 aliphatic heterocycles. The van der Waals surface area contributed by atoms with Crippen molar-refractivity contribution in [3.05, 3.63) is 59.7 Å². The van der Waals surface area contributed by atoms with E-state index in [1.54, 1.807) is 4.90 Å². The minimum atomic E-state index is -0.501. The number of hydrogen-bond donors (Lipinski definition) is 1. The molecule has 0 unspecified atom stereocenters. The lowest BCUT2D eigenvalue weighted by Gasteiger charge is -2.31. The summed E-state index contributed by atoms with van der Waals surface area (Å²) in [6.07, 6.45) is 2.30. The van der Waals surface area contributed by atoms with Gasteiger partial charge in [0.15, 0.2) is 11.5 Å². The summed E-state index contributed by atoms with van der Waals surface area (Å²) in [6, 6.07) is 15.1.